The van der Waals surface area contributed by atoms with Crippen LogP contribution in [0.1, 0.15) is 28.9 Å². The predicted molar refractivity (Wildman–Crippen MR) is 88.0 cm³/mol. The van der Waals surface area contributed by atoms with Crippen molar-refractivity contribution in [2.45, 2.75) is 13.0 Å². The number of hydrogen-bond acceptors (Lipinski definition) is 5. The van der Waals surface area contributed by atoms with Crippen LogP contribution in [0.3, 0.4) is 0 Å². The maximum absolute atomic E-state index is 12.4. The Morgan fingerprint density at radius 1 is 1.21 bits per heavy atom. The molecule has 122 valence electrons. The third-order valence-electron chi connectivity index (χ3n) is 3.64. The number of ether oxygens (including phenoxy) is 1. The summed E-state index contributed by atoms with van der Waals surface area (Å²) in [7, 11) is 1.49. The van der Waals surface area contributed by atoms with E-state index in [0.717, 1.165) is 11.3 Å². The fourth-order valence-corrected chi connectivity index (χ4v) is 2.35. The van der Waals surface area contributed by atoms with Gasteiger partial charge in [-0.05, 0) is 36.8 Å². The molecule has 24 heavy (non-hydrogen) atoms. The highest BCUT2D eigenvalue weighted by Gasteiger charge is 2.16. The Labute approximate surface area is 139 Å². The molecule has 1 N–H and O–H groups in total. The zero-order valence-electron chi connectivity index (χ0n) is 13.4. The van der Waals surface area contributed by atoms with Gasteiger partial charge in [-0.1, -0.05) is 17.3 Å². The third-order valence-corrected chi connectivity index (χ3v) is 3.64. The first-order chi connectivity index (χ1) is 11.7. The lowest BCUT2D eigenvalue weighted by Crippen LogP contribution is -2.27. The molecule has 0 bridgehead atoms. The summed E-state index contributed by atoms with van der Waals surface area (Å²) in [4.78, 5) is 16.4. The van der Waals surface area contributed by atoms with E-state index < -0.39 is 0 Å². The highest BCUT2D eigenvalue weighted by molar-refractivity contribution is 5.96. The second kappa shape index (κ2) is 6.91. The number of rotatable bonds is 5. The van der Waals surface area contributed by atoms with Gasteiger partial charge in [-0.3, -0.25) is 4.79 Å². The molecule has 0 aliphatic carbocycles. The minimum absolute atomic E-state index is 0.160. The minimum Gasteiger partial charge on any atom is -0.480 e. The summed E-state index contributed by atoms with van der Waals surface area (Å²) in [5.41, 5.74) is 2.30. The van der Waals surface area contributed by atoms with Crippen LogP contribution >= 0.6 is 0 Å². The van der Waals surface area contributed by atoms with Crippen molar-refractivity contribution in [3.8, 4) is 11.6 Å². The van der Waals surface area contributed by atoms with Gasteiger partial charge in [0.15, 0.2) is 0 Å². The van der Waals surface area contributed by atoms with Crippen LogP contribution < -0.4 is 10.1 Å². The number of benzene rings is 1. The first-order valence-electron chi connectivity index (χ1n) is 7.45. The Bertz CT molecular complexity index is 815. The molecule has 0 aliphatic heterocycles. The molecule has 1 atom stereocenters. The van der Waals surface area contributed by atoms with Gasteiger partial charge in [-0.2, -0.15) is 0 Å². The van der Waals surface area contributed by atoms with Crippen LogP contribution in [0.2, 0.25) is 0 Å². The van der Waals surface area contributed by atoms with Gasteiger partial charge < -0.3 is 10.1 Å². The van der Waals surface area contributed by atoms with Crippen LogP contribution in [0, 0.1) is 0 Å². The van der Waals surface area contributed by atoms with E-state index in [2.05, 4.69) is 20.6 Å². The molecule has 2 aromatic heterocycles. The average molecular weight is 323 g/mol. The van der Waals surface area contributed by atoms with E-state index >= 15 is 0 Å². The Kier molecular flexibility index (Phi) is 4.51. The quantitative estimate of drug-likeness (QED) is 0.778. The monoisotopic (exact) mass is 323 g/mol. The molecule has 1 amide bonds. The van der Waals surface area contributed by atoms with Crippen molar-refractivity contribution in [2.24, 2.45) is 0 Å². The maximum Gasteiger partial charge on any atom is 0.257 e. The van der Waals surface area contributed by atoms with Gasteiger partial charge in [0.2, 0.25) is 5.88 Å². The molecule has 3 rings (SSSR count). The molecule has 7 heteroatoms. The molecule has 1 aromatic carbocycles. The zero-order chi connectivity index (χ0) is 16.9. The van der Waals surface area contributed by atoms with E-state index in [9.17, 15) is 4.79 Å². The smallest absolute Gasteiger partial charge is 0.257 e. The topological polar surface area (TPSA) is 81.9 Å². The summed E-state index contributed by atoms with van der Waals surface area (Å²) in [6.07, 6.45) is 4.98. The molecule has 0 radical (unpaired) electrons. The minimum atomic E-state index is -0.229. The molecular formula is C17H17N5O2. The number of aromatic nitrogens is 4. The maximum atomic E-state index is 12.4. The Morgan fingerprint density at radius 2 is 2.00 bits per heavy atom. The zero-order valence-corrected chi connectivity index (χ0v) is 13.4. The number of pyridine rings is 1. The predicted octanol–water partition coefficient (Wildman–Crippen LogP) is 2.16. The number of methoxy groups -OCH3 is 1. The second-order valence-electron chi connectivity index (χ2n) is 5.19. The fourth-order valence-electron chi connectivity index (χ4n) is 2.35. The molecule has 7 nitrogen and oxygen atoms in total. The van der Waals surface area contributed by atoms with E-state index in [-0.39, 0.29) is 11.9 Å². The van der Waals surface area contributed by atoms with Crippen molar-refractivity contribution < 1.29 is 9.53 Å². The normalized spacial score (nSPS) is 11.8. The molecule has 0 spiro atoms. The van der Waals surface area contributed by atoms with E-state index in [4.69, 9.17) is 4.74 Å². The van der Waals surface area contributed by atoms with Gasteiger partial charge in [0.1, 0.15) is 5.56 Å². The first-order valence-corrected chi connectivity index (χ1v) is 7.45. The number of hydrogen-bond donors (Lipinski definition) is 1. The summed E-state index contributed by atoms with van der Waals surface area (Å²) in [6, 6.07) is 11.0. The Morgan fingerprint density at radius 3 is 2.67 bits per heavy atom. The van der Waals surface area contributed by atoms with Crippen molar-refractivity contribution in [3.05, 3.63) is 66.1 Å². The van der Waals surface area contributed by atoms with Crippen LogP contribution in [-0.2, 0) is 0 Å². The second-order valence-corrected chi connectivity index (χ2v) is 5.19. The van der Waals surface area contributed by atoms with Gasteiger partial charge in [-0.25, -0.2) is 9.67 Å². The Balaban J connectivity index is 1.72. The highest BCUT2D eigenvalue weighted by atomic mass is 16.5. The van der Waals surface area contributed by atoms with Crippen molar-refractivity contribution in [3.63, 3.8) is 0 Å². The number of carbonyl (C=O) groups is 1. The first kappa shape index (κ1) is 15.7. The van der Waals surface area contributed by atoms with Crippen LogP contribution in [0.5, 0.6) is 5.88 Å². The molecule has 2 heterocycles. The SMILES string of the molecule is COc1ncccc1C(=O)NC(C)c1ccc(-n2ccnn2)cc1. The molecule has 0 saturated heterocycles. The summed E-state index contributed by atoms with van der Waals surface area (Å²) in [5.74, 6) is 0.0801. The number of nitrogens with one attached hydrogen (secondary N) is 1. The highest BCUT2D eigenvalue weighted by Crippen LogP contribution is 2.18. The largest absolute Gasteiger partial charge is 0.480 e. The van der Waals surface area contributed by atoms with Crippen molar-refractivity contribution in [2.75, 3.05) is 7.11 Å². The van der Waals surface area contributed by atoms with Gasteiger partial charge in [0.25, 0.3) is 5.91 Å². The molecule has 0 fully saturated rings. The number of carbonyl (C=O) groups excluding carboxylic acids is 1. The lowest BCUT2D eigenvalue weighted by molar-refractivity contribution is 0.0936. The molecule has 1 unspecified atom stereocenters. The van der Waals surface area contributed by atoms with Crippen molar-refractivity contribution >= 4 is 5.91 Å². The molecule has 3 aromatic rings. The van der Waals surface area contributed by atoms with Crippen molar-refractivity contribution in [1.29, 1.82) is 0 Å². The van der Waals surface area contributed by atoms with E-state index in [0.29, 0.717) is 11.4 Å². The van der Waals surface area contributed by atoms with Crippen LogP contribution in [0.15, 0.2) is 55.0 Å². The van der Waals surface area contributed by atoms with Gasteiger partial charge in [0.05, 0.1) is 31.2 Å². The molecule has 0 saturated carbocycles. The lowest BCUT2D eigenvalue weighted by atomic mass is 10.1. The van der Waals surface area contributed by atoms with Gasteiger partial charge >= 0.3 is 0 Å². The average Bonchev–Trinajstić information content (AvgIpc) is 3.16. The fraction of sp³-hybridized carbons (Fsp3) is 0.176. The van der Waals surface area contributed by atoms with Crippen LogP contribution in [0.4, 0.5) is 0 Å². The summed E-state index contributed by atoms with van der Waals surface area (Å²) >= 11 is 0. The van der Waals surface area contributed by atoms with Gasteiger partial charge in [-0.15, -0.1) is 5.10 Å². The molecule has 0 aliphatic rings. The van der Waals surface area contributed by atoms with Crippen molar-refractivity contribution in [1.82, 2.24) is 25.3 Å². The number of amides is 1. The third kappa shape index (κ3) is 3.24. The molecular weight excluding hydrogens is 306 g/mol. The summed E-state index contributed by atoms with van der Waals surface area (Å²) < 4.78 is 6.80. The summed E-state index contributed by atoms with van der Waals surface area (Å²) in [5, 5.41) is 10.7. The van der Waals surface area contributed by atoms with Crippen LogP contribution in [-0.4, -0.2) is 33.0 Å². The Hall–Kier alpha value is -3.22. The van der Waals surface area contributed by atoms with E-state index in [1.807, 2.05) is 31.2 Å². The summed E-state index contributed by atoms with van der Waals surface area (Å²) in [6.45, 7) is 1.92. The van der Waals surface area contributed by atoms with E-state index in [1.165, 1.54) is 7.11 Å². The standard InChI is InChI=1S/C17H17N5O2/c1-12(20-16(23)15-4-3-9-18-17(15)24-2)13-5-7-14(8-6-13)22-11-10-19-21-22/h3-12H,1-2H3,(H,20,23). The lowest BCUT2D eigenvalue weighted by Gasteiger charge is -2.15. The van der Waals surface area contributed by atoms with Gasteiger partial charge in [0, 0.05) is 6.20 Å². The number of nitrogens with zero attached hydrogens (tertiary/aromatic N) is 4. The van der Waals surface area contributed by atoms with E-state index in [1.54, 1.807) is 35.4 Å². The van der Waals surface area contributed by atoms with Crippen LogP contribution in [0.25, 0.3) is 5.69 Å².